The first-order valence-electron chi connectivity index (χ1n) is 6.70. The predicted molar refractivity (Wildman–Crippen MR) is 81.0 cm³/mol. The number of benzene rings is 1. The van der Waals surface area contributed by atoms with Gasteiger partial charge in [0, 0.05) is 11.4 Å². The lowest BCUT2D eigenvalue weighted by atomic mass is 10.1. The van der Waals surface area contributed by atoms with E-state index < -0.39 is 0 Å². The van der Waals surface area contributed by atoms with E-state index in [4.69, 9.17) is 4.74 Å². The zero-order chi connectivity index (χ0) is 15.4. The smallest absolute Gasteiger partial charge is 0.325 e. The van der Waals surface area contributed by atoms with Crippen LogP contribution in [0.2, 0.25) is 0 Å². The van der Waals surface area contributed by atoms with Gasteiger partial charge in [-0.3, -0.25) is 4.79 Å². The van der Waals surface area contributed by atoms with Gasteiger partial charge < -0.3 is 9.64 Å². The molecule has 0 saturated heterocycles. The number of carbonyl (C=O) groups is 1. The van der Waals surface area contributed by atoms with Gasteiger partial charge in [-0.25, -0.2) is 4.98 Å². The van der Waals surface area contributed by atoms with Gasteiger partial charge in [-0.15, -0.1) is 0 Å². The molecule has 0 atom stereocenters. The number of hydrogen-bond acceptors (Lipinski definition) is 5. The van der Waals surface area contributed by atoms with E-state index in [9.17, 15) is 10.1 Å². The number of pyridine rings is 1. The number of nitrogens with zero attached hydrogens (tertiary/aromatic N) is 3. The maximum absolute atomic E-state index is 11.6. The van der Waals surface area contributed by atoms with Gasteiger partial charge in [-0.2, -0.15) is 5.26 Å². The molecular formula is C16H17N3O2. The van der Waals surface area contributed by atoms with E-state index in [1.54, 1.807) is 6.07 Å². The molecule has 5 heteroatoms. The Labute approximate surface area is 123 Å². The zero-order valence-corrected chi connectivity index (χ0v) is 12.3. The summed E-state index contributed by atoms with van der Waals surface area (Å²) in [7, 11) is 1.36. The fourth-order valence-corrected chi connectivity index (χ4v) is 2.13. The molecule has 1 aromatic carbocycles. The molecule has 0 amide bonds. The number of hydrogen-bond donors (Lipinski definition) is 0. The van der Waals surface area contributed by atoms with Crippen molar-refractivity contribution in [2.45, 2.75) is 19.9 Å². The lowest BCUT2D eigenvalue weighted by molar-refractivity contribution is -0.139. The van der Waals surface area contributed by atoms with Crippen molar-refractivity contribution in [3.63, 3.8) is 0 Å². The van der Waals surface area contributed by atoms with Gasteiger partial charge in [0.25, 0.3) is 0 Å². The molecule has 0 radical (unpaired) electrons. The molecule has 1 aromatic heterocycles. The van der Waals surface area contributed by atoms with Crippen molar-refractivity contribution in [3.8, 4) is 6.07 Å². The number of carbonyl (C=O) groups excluding carboxylic acids is 1. The van der Waals surface area contributed by atoms with E-state index in [0.29, 0.717) is 11.4 Å². The number of rotatable bonds is 4. The van der Waals surface area contributed by atoms with Crippen molar-refractivity contribution in [3.05, 3.63) is 35.9 Å². The van der Waals surface area contributed by atoms with Crippen LogP contribution in [0.25, 0.3) is 10.9 Å². The molecule has 108 valence electrons. The summed E-state index contributed by atoms with van der Waals surface area (Å²) >= 11 is 0. The molecule has 0 aliphatic carbocycles. The van der Waals surface area contributed by atoms with Crippen molar-refractivity contribution in [1.29, 1.82) is 5.26 Å². The van der Waals surface area contributed by atoms with Gasteiger partial charge in [0.1, 0.15) is 12.4 Å². The third-order valence-electron chi connectivity index (χ3n) is 3.27. The standard InChI is InChI=1S/C16H17N3O2/c1-11(2)19(10-16(20)21-3)15-8-12(9-17)13-6-4-5-7-14(13)18-15/h4-8,11H,10H2,1-3H3. The number of para-hydroxylation sites is 1. The third kappa shape index (κ3) is 3.11. The molecule has 0 saturated carbocycles. The molecule has 0 fully saturated rings. The Hall–Kier alpha value is -2.61. The minimum Gasteiger partial charge on any atom is -0.468 e. The highest BCUT2D eigenvalue weighted by molar-refractivity contribution is 5.87. The molecule has 0 unspecified atom stereocenters. The molecule has 1 heterocycles. The quantitative estimate of drug-likeness (QED) is 0.806. The fraction of sp³-hybridized carbons (Fsp3) is 0.312. The minimum atomic E-state index is -0.336. The molecule has 0 aliphatic heterocycles. The van der Waals surface area contributed by atoms with Crippen LogP contribution in [-0.2, 0) is 9.53 Å². The van der Waals surface area contributed by atoms with Gasteiger partial charge in [-0.1, -0.05) is 18.2 Å². The largest absolute Gasteiger partial charge is 0.468 e. The van der Waals surface area contributed by atoms with Crippen molar-refractivity contribution in [2.75, 3.05) is 18.6 Å². The van der Waals surface area contributed by atoms with Crippen LogP contribution in [0.3, 0.4) is 0 Å². The Bertz CT molecular complexity index is 704. The number of aromatic nitrogens is 1. The molecule has 0 aliphatic rings. The Morgan fingerprint density at radius 3 is 2.76 bits per heavy atom. The normalized spacial score (nSPS) is 10.4. The number of methoxy groups -OCH3 is 1. The lowest BCUT2D eigenvalue weighted by Gasteiger charge is -2.27. The Balaban J connectivity index is 2.53. The number of nitriles is 1. The van der Waals surface area contributed by atoms with E-state index in [1.165, 1.54) is 7.11 Å². The highest BCUT2D eigenvalue weighted by Crippen LogP contribution is 2.23. The second-order valence-electron chi connectivity index (χ2n) is 4.95. The first-order chi connectivity index (χ1) is 10.1. The van der Waals surface area contributed by atoms with Crippen molar-refractivity contribution >= 4 is 22.7 Å². The van der Waals surface area contributed by atoms with Crippen LogP contribution in [0, 0.1) is 11.3 Å². The number of fused-ring (bicyclic) bond motifs is 1. The van der Waals surface area contributed by atoms with Crippen LogP contribution in [0.4, 0.5) is 5.82 Å². The van der Waals surface area contributed by atoms with Gasteiger partial charge in [0.15, 0.2) is 0 Å². The Kier molecular flexibility index (Phi) is 4.39. The predicted octanol–water partition coefficient (Wildman–Crippen LogP) is 2.49. The maximum Gasteiger partial charge on any atom is 0.325 e. The highest BCUT2D eigenvalue weighted by atomic mass is 16.5. The second kappa shape index (κ2) is 6.23. The van der Waals surface area contributed by atoms with Gasteiger partial charge in [-0.05, 0) is 26.0 Å². The summed E-state index contributed by atoms with van der Waals surface area (Å²) in [5, 5.41) is 10.1. The molecule has 21 heavy (non-hydrogen) atoms. The van der Waals surface area contributed by atoms with E-state index in [2.05, 4.69) is 11.1 Å². The van der Waals surface area contributed by atoms with Crippen LogP contribution < -0.4 is 4.90 Å². The topological polar surface area (TPSA) is 66.2 Å². The first-order valence-corrected chi connectivity index (χ1v) is 6.70. The van der Waals surface area contributed by atoms with Crippen LogP contribution >= 0.6 is 0 Å². The van der Waals surface area contributed by atoms with Crippen LogP contribution in [0.1, 0.15) is 19.4 Å². The number of ether oxygens (including phenoxy) is 1. The maximum atomic E-state index is 11.6. The summed E-state index contributed by atoms with van der Waals surface area (Å²) in [5.74, 6) is 0.266. The third-order valence-corrected chi connectivity index (χ3v) is 3.27. The monoisotopic (exact) mass is 283 g/mol. The Morgan fingerprint density at radius 1 is 1.43 bits per heavy atom. The molecule has 5 nitrogen and oxygen atoms in total. The van der Waals surface area contributed by atoms with Crippen molar-refractivity contribution < 1.29 is 9.53 Å². The average Bonchev–Trinajstić information content (AvgIpc) is 2.50. The van der Waals surface area contributed by atoms with Gasteiger partial charge >= 0.3 is 5.97 Å². The van der Waals surface area contributed by atoms with E-state index in [-0.39, 0.29) is 18.6 Å². The fourth-order valence-electron chi connectivity index (χ4n) is 2.13. The van der Waals surface area contributed by atoms with Gasteiger partial charge in [0.2, 0.25) is 0 Å². The van der Waals surface area contributed by atoms with E-state index >= 15 is 0 Å². The van der Waals surface area contributed by atoms with E-state index in [1.807, 2.05) is 43.0 Å². The van der Waals surface area contributed by atoms with Crippen molar-refractivity contribution in [1.82, 2.24) is 4.98 Å². The second-order valence-corrected chi connectivity index (χ2v) is 4.95. The zero-order valence-electron chi connectivity index (χ0n) is 12.3. The van der Waals surface area contributed by atoms with Crippen LogP contribution in [-0.4, -0.2) is 30.6 Å². The average molecular weight is 283 g/mol. The summed E-state index contributed by atoms with van der Waals surface area (Å²) in [5.41, 5.74) is 1.29. The molecule has 0 spiro atoms. The molecule has 0 bridgehead atoms. The Morgan fingerprint density at radius 2 is 2.14 bits per heavy atom. The summed E-state index contributed by atoms with van der Waals surface area (Å²) in [6.45, 7) is 4.03. The first kappa shape index (κ1) is 14.8. The molecule has 2 aromatic rings. The molecule has 0 N–H and O–H groups in total. The summed E-state index contributed by atoms with van der Waals surface area (Å²) in [6, 6.07) is 11.4. The molecule has 2 rings (SSSR count). The highest BCUT2D eigenvalue weighted by Gasteiger charge is 2.18. The number of esters is 1. The van der Waals surface area contributed by atoms with Crippen LogP contribution in [0.5, 0.6) is 0 Å². The minimum absolute atomic E-state index is 0.0595. The van der Waals surface area contributed by atoms with Crippen LogP contribution in [0.15, 0.2) is 30.3 Å². The van der Waals surface area contributed by atoms with E-state index in [0.717, 1.165) is 10.9 Å². The van der Waals surface area contributed by atoms with Gasteiger partial charge in [0.05, 0.1) is 24.3 Å². The lowest BCUT2D eigenvalue weighted by Crippen LogP contribution is -2.36. The summed E-state index contributed by atoms with van der Waals surface area (Å²) in [6.07, 6.45) is 0. The molecular weight excluding hydrogens is 266 g/mol. The summed E-state index contributed by atoms with van der Waals surface area (Å²) in [4.78, 5) is 17.9. The van der Waals surface area contributed by atoms with Crippen molar-refractivity contribution in [2.24, 2.45) is 0 Å². The number of anilines is 1. The SMILES string of the molecule is COC(=O)CN(c1cc(C#N)c2ccccc2n1)C(C)C. The summed E-state index contributed by atoms with van der Waals surface area (Å²) < 4.78 is 4.72.